The largest absolute Gasteiger partial charge is 0.417 e. The van der Waals surface area contributed by atoms with Crippen LogP contribution in [0.1, 0.15) is 30.9 Å². The number of hydrazine groups is 1. The number of halogens is 3. The molecule has 9 heteroatoms. The molecule has 0 saturated carbocycles. The summed E-state index contributed by atoms with van der Waals surface area (Å²) in [5, 5.41) is 0. The highest BCUT2D eigenvalue weighted by atomic mass is 32.2. The zero-order chi connectivity index (χ0) is 18.0. The van der Waals surface area contributed by atoms with Crippen LogP contribution in [0.4, 0.5) is 19.0 Å². The van der Waals surface area contributed by atoms with Crippen molar-refractivity contribution in [2.75, 3.05) is 5.43 Å². The minimum Gasteiger partial charge on any atom is -0.292 e. The number of nitrogens with one attached hydrogen (secondary N) is 2. The van der Waals surface area contributed by atoms with E-state index in [1.807, 2.05) is 13.8 Å². The predicted molar refractivity (Wildman–Crippen MR) is 83.7 cm³/mol. The van der Waals surface area contributed by atoms with Crippen molar-refractivity contribution < 1.29 is 21.6 Å². The minimum atomic E-state index is -4.50. The van der Waals surface area contributed by atoms with Gasteiger partial charge >= 0.3 is 6.18 Å². The van der Waals surface area contributed by atoms with Gasteiger partial charge in [-0.05, 0) is 35.7 Å². The Morgan fingerprint density at radius 3 is 2.12 bits per heavy atom. The number of alkyl halides is 3. The van der Waals surface area contributed by atoms with Crippen LogP contribution in [0.3, 0.4) is 0 Å². The van der Waals surface area contributed by atoms with E-state index in [0.717, 1.165) is 17.7 Å². The highest BCUT2D eigenvalue weighted by molar-refractivity contribution is 7.89. The van der Waals surface area contributed by atoms with Gasteiger partial charge in [0.2, 0.25) is 0 Å². The maximum atomic E-state index is 12.4. The summed E-state index contributed by atoms with van der Waals surface area (Å²) >= 11 is 0. The first-order valence-corrected chi connectivity index (χ1v) is 8.49. The van der Waals surface area contributed by atoms with E-state index >= 15 is 0 Å². The summed E-state index contributed by atoms with van der Waals surface area (Å²) in [5.41, 5.74) is 2.36. The Bertz CT molecular complexity index is 786. The van der Waals surface area contributed by atoms with Crippen molar-refractivity contribution in [2.24, 2.45) is 0 Å². The van der Waals surface area contributed by atoms with Crippen LogP contribution >= 0.6 is 0 Å². The lowest BCUT2D eigenvalue weighted by Gasteiger charge is -2.11. The van der Waals surface area contributed by atoms with Gasteiger partial charge in [0.25, 0.3) is 10.0 Å². The van der Waals surface area contributed by atoms with E-state index in [4.69, 9.17) is 0 Å². The van der Waals surface area contributed by atoms with Gasteiger partial charge in [0.1, 0.15) is 5.82 Å². The van der Waals surface area contributed by atoms with Crippen molar-refractivity contribution in [2.45, 2.75) is 30.8 Å². The van der Waals surface area contributed by atoms with E-state index in [0.29, 0.717) is 6.20 Å². The number of benzene rings is 1. The van der Waals surface area contributed by atoms with Crippen molar-refractivity contribution >= 4 is 15.8 Å². The average molecular weight is 359 g/mol. The van der Waals surface area contributed by atoms with Crippen molar-refractivity contribution in [1.29, 1.82) is 0 Å². The molecular weight excluding hydrogens is 343 g/mol. The number of anilines is 1. The van der Waals surface area contributed by atoms with E-state index in [9.17, 15) is 21.6 Å². The van der Waals surface area contributed by atoms with Gasteiger partial charge in [-0.2, -0.15) is 13.2 Å². The first-order valence-electron chi connectivity index (χ1n) is 7.00. The van der Waals surface area contributed by atoms with Crippen LogP contribution in [0.5, 0.6) is 0 Å². The fourth-order valence-electron chi connectivity index (χ4n) is 1.85. The molecule has 0 aliphatic heterocycles. The number of aromatic nitrogens is 1. The Kier molecular flexibility index (Phi) is 5.14. The summed E-state index contributed by atoms with van der Waals surface area (Å²) in [7, 11) is -3.86. The third-order valence-corrected chi connectivity index (χ3v) is 4.52. The van der Waals surface area contributed by atoms with E-state index in [2.05, 4.69) is 15.2 Å². The van der Waals surface area contributed by atoms with Gasteiger partial charge in [-0.3, -0.25) is 5.43 Å². The number of nitrogens with zero attached hydrogens (tertiary/aromatic N) is 1. The average Bonchev–Trinajstić information content (AvgIpc) is 2.52. The topological polar surface area (TPSA) is 71.1 Å². The highest BCUT2D eigenvalue weighted by Crippen LogP contribution is 2.28. The summed E-state index contributed by atoms with van der Waals surface area (Å²) in [6, 6.07) is 8.17. The summed E-state index contributed by atoms with van der Waals surface area (Å²) < 4.78 is 61.6. The lowest BCUT2D eigenvalue weighted by Crippen LogP contribution is -2.30. The Balaban J connectivity index is 2.07. The minimum absolute atomic E-state index is 0.0336. The van der Waals surface area contributed by atoms with Crippen LogP contribution in [0, 0.1) is 0 Å². The summed E-state index contributed by atoms with van der Waals surface area (Å²) in [4.78, 5) is 5.63. The van der Waals surface area contributed by atoms with Crippen LogP contribution in [0.25, 0.3) is 0 Å². The molecular formula is C15H16F3N3O2S. The van der Waals surface area contributed by atoms with Gasteiger partial charge in [-0.15, -0.1) is 4.83 Å². The zero-order valence-corrected chi connectivity index (χ0v) is 13.7. The number of hydrogen-bond acceptors (Lipinski definition) is 4. The SMILES string of the molecule is CC(C)c1ccc(S(=O)(=O)NNc2ccc(C(F)(F)F)cn2)cc1. The molecule has 0 amide bonds. The molecule has 1 aromatic carbocycles. The number of rotatable bonds is 5. The molecule has 2 N–H and O–H groups in total. The number of hydrogen-bond donors (Lipinski definition) is 2. The molecule has 5 nitrogen and oxygen atoms in total. The smallest absolute Gasteiger partial charge is 0.292 e. The lowest BCUT2D eigenvalue weighted by molar-refractivity contribution is -0.137. The van der Waals surface area contributed by atoms with Crippen molar-refractivity contribution in [3.8, 4) is 0 Å². The van der Waals surface area contributed by atoms with E-state index in [-0.39, 0.29) is 16.6 Å². The van der Waals surface area contributed by atoms with Gasteiger partial charge in [0.15, 0.2) is 0 Å². The summed E-state index contributed by atoms with van der Waals surface area (Å²) in [6.45, 7) is 3.97. The summed E-state index contributed by atoms with van der Waals surface area (Å²) in [5.74, 6) is 0.217. The zero-order valence-electron chi connectivity index (χ0n) is 12.9. The van der Waals surface area contributed by atoms with Crippen molar-refractivity contribution in [3.05, 3.63) is 53.7 Å². The third-order valence-electron chi connectivity index (χ3n) is 3.26. The Morgan fingerprint density at radius 1 is 1.04 bits per heavy atom. The van der Waals surface area contributed by atoms with Gasteiger partial charge in [0.05, 0.1) is 10.5 Å². The molecule has 2 aromatic rings. The molecule has 0 bridgehead atoms. The van der Waals surface area contributed by atoms with E-state index in [1.54, 1.807) is 12.1 Å². The summed E-state index contributed by atoms with van der Waals surface area (Å²) in [6.07, 6.45) is -3.88. The molecule has 0 spiro atoms. The molecule has 0 radical (unpaired) electrons. The van der Waals surface area contributed by atoms with Gasteiger partial charge in [0, 0.05) is 6.20 Å². The second-order valence-corrected chi connectivity index (χ2v) is 7.07. The standard InChI is InChI=1S/C15H16F3N3O2S/c1-10(2)11-3-6-13(7-4-11)24(22,23)21-20-14-8-5-12(9-19-14)15(16,17)18/h3-10,21H,1-2H3,(H,19,20). The number of sulfonamides is 1. The highest BCUT2D eigenvalue weighted by Gasteiger charge is 2.30. The van der Waals surface area contributed by atoms with Gasteiger partial charge in [-0.1, -0.05) is 26.0 Å². The molecule has 130 valence electrons. The molecule has 24 heavy (non-hydrogen) atoms. The van der Waals surface area contributed by atoms with Gasteiger partial charge < -0.3 is 0 Å². The molecule has 0 atom stereocenters. The lowest BCUT2D eigenvalue weighted by atomic mass is 10.0. The Labute approximate surface area is 137 Å². The monoisotopic (exact) mass is 359 g/mol. The number of pyridine rings is 1. The molecule has 1 aromatic heterocycles. The quantitative estimate of drug-likeness (QED) is 0.801. The fraction of sp³-hybridized carbons (Fsp3) is 0.267. The molecule has 0 unspecified atom stereocenters. The fourth-order valence-corrected chi connectivity index (χ4v) is 2.70. The maximum absolute atomic E-state index is 12.4. The van der Waals surface area contributed by atoms with Gasteiger partial charge in [-0.25, -0.2) is 13.4 Å². The van der Waals surface area contributed by atoms with Crippen molar-refractivity contribution in [1.82, 2.24) is 9.82 Å². The maximum Gasteiger partial charge on any atom is 0.417 e. The van der Waals surface area contributed by atoms with Crippen LogP contribution in [-0.2, 0) is 16.2 Å². The van der Waals surface area contributed by atoms with E-state index < -0.39 is 21.8 Å². The first-order chi connectivity index (χ1) is 11.1. The van der Waals surface area contributed by atoms with Crippen LogP contribution in [-0.4, -0.2) is 13.4 Å². The van der Waals surface area contributed by atoms with Crippen molar-refractivity contribution in [3.63, 3.8) is 0 Å². The molecule has 2 rings (SSSR count). The van der Waals surface area contributed by atoms with E-state index in [1.165, 1.54) is 12.1 Å². The third kappa shape index (κ3) is 4.45. The molecule has 1 heterocycles. The second kappa shape index (κ2) is 6.78. The first kappa shape index (κ1) is 18.2. The molecule has 0 aliphatic rings. The Morgan fingerprint density at radius 2 is 1.67 bits per heavy atom. The van der Waals surface area contributed by atoms with Crippen LogP contribution in [0.15, 0.2) is 47.5 Å². The van der Waals surface area contributed by atoms with Crippen LogP contribution in [0.2, 0.25) is 0 Å². The molecule has 0 fully saturated rings. The normalized spacial score (nSPS) is 12.4. The Hall–Kier alpha value is -2.13. The molecule has 0 aliphatic carbocycles. The second-order valence-electron chi connectivity index (χ2n) is 5.38. The predicted octanol–water partition coefficient (Wildman–Crippen LogP) is 3.53. The van der Waals surface area contributed by atoms with Crippen LogP contribution < -0.4 is 10.3 Å². The molecule has 0 saturated heterocycles.